The fraction of sp³-hybridized carbons (Fsp3) is 0. The molecule has 0 aliphatic rings. The lowest BCUT2D eigenvalue weighted by molar-refractivity contribution is 0.100. The summed E-state index contributed by atoms with van der Waals surface area (Å²) in [5.41, 5.74) is 4.92. The van der Waals surface area contributed by atoms with Gasteiger partial charge in [-0.3, -0.25) is 9.59 Å². The molecule has 5 rings (SSSR count). The first kappa shape index (κ1) is 23.9. The van der Waals surface area contributed by atoms with Gasteiger partial charge in [-0.2, -0.15) is 0 Å². The molecule has 5 aromatic carbocycles. The minimum absolute atomic E-state index is 0.214. The van der Waals surface area contributed by atoms with Crippen molar-refractivity contribution in [2.45, 2.75) is 9.79 Å². The van der Waals surface area contributed by atoms with Gasteiger partial charge in [-0.05, 0) is 70.8 Å². The summed E-state index contributed by atoms with van der Waals surface area (Å²) in [7, 11) is 0. The zero-order valence-corrected chi connectivity index (χ0v) is 21.0. The first-order chi connectivity index (χ1) is 17.5. The Morgan fingerprint density at radius 3 is 1.08 bits per heavy atom. The standard InChI is InChI=1S/C32H22O2S2/c33-31(23-11-15-25(35)16-12-23)29-27(21-7-3-1-4-8-21)19-20-28(22-9-5-2-6-10-22)30(29)32(34)24-13-17-26(36)18-14-24/h1-20,35-36H. The summed E-state index contributed by atoms with van der Waals surface area (Å²) in [6.07, 6.45) is 0. The Hall–Kier alpha value is -3.86. The summed E-state index contributed by atoms with van der Waals surface area (Å²) in [6.45, 7) is 0. The Kier molecular flexibility index (Phi) is 6.90. The third kappa shape index (κ3) is 4.78. The van der Waals surface area contributed by atoms with E-state index in [-0.39, 0.29) is 11.6 Å². The van der Waals surface area contributed by atoms with Crippen LogP contribution in [-0.2, 0) is 0 Å². The third-order valence-corrected chi connectivity index (χ3v) is 6.68. The van der Waals surface area contributed by atoms with Gasteiger partial charge in [-0.1, -0.05) is 72.8 Å². The second kappa shape index (κ2) is 10.4. The highest BCUT2D eigenvalue weighted by atomic mass is 32.1. The van der Waals surface area contributed by atoms with Crippen LogP contribution in [0.4, 0.5) is 0 Å². The number of ketones is 2. The second-order valence-corrected chi connectivity index (χ2v) is 9.43. The Balaban J connectivity index is 1.84. The van der Waals surface area contributed by atoms with Crippen molar-refractivity contribution in [3.8, 4) is 22.3 Å². The van der Waals surface area contributed by atoms with Gasteiger partial charge in [-0.25, -0.2) is 0 Å². The molecule has 0 aliphatic carbocycles. The highest BCUT2D eigenvalue weighted by Gasteiger charge is 2.27. The van der Waals surface area contributed by atoms with Crippen molar-refractivity contribution in [1.82, 2.24) is 0 Å². The Morgan fingerprint density at radius 1 is 0.417 bits per heavy atom. The average molecular weight is 503 g/mol. The van der Waals surface area contributed by atoms with Crippen molar-refractivity contribution in [1.29, 1.82) is 0 Å². The van der Waals surface area contributed by atoms with Crippen LogP contribution in [-0.4, -0.2) is 11.6 Å². The van der Waals surface area contributed by atoms with Crippen LogP contribution in [0.1, 0.15) is 31.8 Å². The van der Waals surface area contributed by atoms with Gasteiger partial charge in [0.15, 0.2) is 11.6 Å². The predicted octanol–water partition coefficient (Wildman–Crippen LogP) is 8.06. The van der Waals surface area contributed by atoms with Gasteiger partial charge in [0.2, 0.25) is 0 Å². The fourth-order valence-corrected chi connectivity index (χ4v) is 4.60. The molecule has 0 amide bonds. The molecule has 36 heavy (non-hydrogen) atoms. The molecular weight excluding hydrogens is 480 g/mol. The molecule has 174 valence electrons. The van der Waals surface area contributed by atoms with E-state index in [9.17, 15) is 9.59 Å². The van der Waals surface area contributed by atoms with E-state index in [1.807, 2.05) is 72.8 Å². The van der Waals surface area contributed by atoms with E-state index < -0.39 is 0 Å². The van der Waals surface area contributed by atoms with Crippen LogP contribution in [0.3, 0.4) is 0 Å². The second-order valence-electron chi connectivity index (χ2n) is 8.39. The highest BCUT2D eigenvalue weighted by molar-refractivity contribution is 7.80. The van der Waals surface area contributed by atoms with Crippen LogP contribution in [0.25, 0.3) is 22.3 Å². The van der Waals surface area contributed by atoms with Crippen molar-refractivity contribution in [3.05, 3.63) is 144 Å². The van der Waals surface area contributed by atoms with Crippen molar-refractivity contribution < 1.29 is 9.59 Å². The zero-order valence-electron chi connectivity index (χ0n) is 19.3. The summed E-state index contributed by atoms with van der Waals surface area (Å²) in [4.78, 5) is 29.8. The van der Waals surface area contributed by atoms with E-state index in [0.29, 0.717) is 33.4 Å². The van der Waals surface area contributed by atoms with Gasteiger partial charge >= 0.3 is 0 Å². The van der Waals surface area contributed by atoms with Gasteiger partial charge in [0.05, 0.1) is 0 Å². The topological polar surface area (TPSA) is 34.1 Å². The monoisotopic (exact) mass is 502 g/mol. The molecule has 0 radical (unpaired) electrons. The summed E-state index contributed by atoms with van der Waals surface area (Å²) < 4.78 is 0. The quantitative estimate of drug-likeness (QED) is 0.182. The third-order valence-electron chi connectivity index (χ3n) is 6.09. The number of hydrogen-bond donors (Lipinski definition) is 2. The molecule has 0 atom stereocenters. The molecular formula is C32H22O2S2. The molecule has 0 aliphatic heterocycles. The van der Waals surface area contributed by atoms with E-state index in [4.69, 9.17) is 0 Å². The van der Waals surface area contributed by atoms with E-state index in [2.05, 4.69) is 25.3 Å². The molecule has 0 saturated heterocycles. The molecule has 4 heteroatoms. The Morgan fingerprint density at radius 2 is 0.750 bits per heavy atom. The van der Waals surface area contributed by atoms with Crippen LogP contribution in [0, 0.1) is 0 Å². The smallest absolute Gasteiger partial charge is 0.194 e. The van der Waals surface area contributed by atoms with Crippen LogP contribution in [0.15, 0.2) is 131 Å². The SMILES string of the molecule is O=C(c1ccc(S)cc1)c1c(-c2ccccc2)ccc(-c2ccccc2)c1C(=O)c1ccc(S)cc1. The normalized spacial score (nSPS) is 10.7. The van der Waals surface area contributed by atoms with E-state index in [0.717, 1.165) is 20.9 Å². The summed E-state index contributed by atoms with van der Waals surface area (Å²) in [6, 6.07) is 37.4. The maximum absolute atomic E-state index is 14.2. The number of hydrogen-bond acceptors (Lipinski definition) is 4. The van der Waals surface area contributed by atoms with E-state index >= 15 is 0 Å². The minimum atomic E-state index is -0.214. The Bertz CT molecular complexity index is 1420. The minimum Gasteiger partial charge on any atom is -0.289 e. The van der Waals surface area contributed by atoms with Gasteiger partial charge in [0, 0.05) is 32.0 Å². The molecule has 0 fully saturated rings. The summed E-state index contributed by atoms with van der Waals surface area (Å²) in [5.74, 6) is -0.428. The van der Waals surface area contributed by atoms with Crippen LogP contribution >= 0.6 is 25.3 Å². The Labute approximate surface area is 221 Å². The number of rotatable bonds is 6. The molecule has 0 saturated carbocycles. The molecule has 2 nitrogen and oxygen atoms in total. The van der Waals surface area contributed by atoms with Gasteiger partial charge < -0.3 is 0 Å². The predicted molar refractivity (Wildman–Crippen MR) is 152 cm³/mol. The van der Waals surface area contributed by atoms with E-state index in [1.165, 1.54) is 0 Å². The molecule has 0 N–H and O–H groups in total. The number of carbonyl (C=O) groups excluding carboxylic acids is 2. The van der Waals surface area contributed by atoms with Gasteiger partial charge in [-0.15, -0.1) is 25.3 Å². The summed E-state index contributed by atoms with van der Waals surface area (Å²) in [5, 5.41) is 0. The molecule has 0 heterocycles. The molecule has 0 spiro atoms. The summed E-state index contributed by atoms with van der Waals surface area (Å²) >= 11 is 8.73. The van der Waals surface area contributed by atoms with Crippen LogP contribution < -0.4 is 0 Å². The first-order valence-electron chi connectivity index (χ1n) is 11.5. The lowest BCUT2D eigenvalue weighted by atomic mass is 9.82. The van der Waals surface area contributed by atoms with E-state index in [1.54, 1.807) is 48.5 Å². The fourth-order valence-electron chi connectivity index (χ4n) is 4.31. The maximum atomic E-state index is 14.2. The molecule has 0 aromatic heterocycles. The van der Waals surface area contributed by atoms with Crippen LogP contribution in [0.2, 0.25) is 0 Å². The van der Waals surface area contributed by atoms with Gasteiger partial charge in [0.1, 0.15) is 0 Å². The zero-order chi connectivity index (χ0) is 25.1. The van der Waals surface area contributed by atoms with Crippen molar-refractivity contribution in [3.63, 3.8) is 0 Å². The maximum Gasteiger partial charge on any atom is 0.194 e. The van der Waals surface area contributed by atoms with Crippen molar-refractivity contribution in [2.75, 3.05) is 0 Å². The average Bonchev–Trinajstić information content (AvgIpc) is 2.93. The molecule has 0 bridgehead atoms. The van der Waals surface area contributed by atoms with Gasteiger partial charge in [0.25, 0.3) is 0 Å². The first-order valence-corrected chi connectivity index (χ1v) is 12.4. The van der Waals surface area contributed by atoms with Crippen molar-refractivity contribution in [2.24, 2.45) is 0 Å². The lowest BCUT2D eigenvalue weighted by Gasteiger charge is -2.19. The lowest BCUT2D eigenvalue weighted by Crippen LogP contribution is -2.15. The number of benzene rings is 5. The van der Waals surface area contributed by atoms with Crippen LogP contribution in [0.5, 0.6) is 0 Å². The highest BCUT2D eigenvalue weighted by Crippen LogP contribution is 2.36. The molecule has 0 unspecified atom stereocenters. The number of thiol groups is 2. The number of carbonyl (C=O) groups is 2. The molecule has 5 aromatic rings. The largest absolute Gasteiger partial charge is 0.289 e. The van der Waals surface area contributed by atoms with Crippen molar-refractivity contribution >= 4 is 36.8 Å².